The van der Waals surface area contributed by atoms with Crippen LogP contribution in [0.2, 0.25) is 0 Å². The number of hydrogen-bond acceptors (Lipinski definition) is 8. The standard InChI is InChI=1S/C19H14BrN5O4S/c1-2-3-17-23-24-19(30-17)22-18(26)11(10-21)8-13-5-7-16(29-13)14-6-4-12(25(27)28)9-15(14)20/h4-9H,2-3H2,1H3,(H,22,24,26). The number of amides is 1. The predicted molar refractivity (Wildman–Crippen MR) is 115 cm³/mol. The van der Waals surface area contributed by atoms with Crippen molar-refractivity contribution in [3.8, 4) is 17.4 Å². The summed E-state index contributed by atoms with van der Waals surface area (Å²) in [4.78, 5) is 22.7. The van der Waals surface area contributed by atoms with E-state index in [-0.39, 0.29) is 17.0 Å². The zero-order chi connectivity index (χ0) is 21.7. The highest BCUT2D eigenvalue weighted by atomic mass is 79.9. The summed E-state index contributed by atoms with van der Waals surface area (Å²) in [5.41, 5.74) is 0.380. The van der Waals surface area contributed by atoms with E-state index < -0.39 is 10.8 Å². The predicted octanol–water partition coefficient (Wildman–Crippen LogP) is 4.97. The molecule has 152 valence electrons. The Hall–Kier alpha value is -3.36. The number of furan rings is 1. The highest BCUT2D eigenvalue weighted by Gasteiger charge is 2.16. The van der Waals surface area contributed by atoms with Gasteiger partial charge in [0, 0.05) is 34.7 Å². The van der Waals surface area contributed by atoms with Crippen LogP contribution in [0.4, 0.5) is 10.8 Å². The lowest BCUT2D eigenvalue weighted by Crippen LogP contribution is -2.13. The van der Waals surface area contributed by atoms with Crippen molar-refractivity contribution in [2.24, 2.45) is 0 Å². The van der Waals surface area contributed by atoms with Gasteiger partial charge in [-0.05, 0) is 40.5 Å². The first kappa shape index (κ1) is 21.4. The van der Waals surface area contributed by atoms with Gasteiger partial charge in [-0.2, -0.15) is 5.26 Å². The number of halogens is 1. The van der Waals surface area contributed by atoms with Crippen LogP contribution in [0.1, 0.15) is 24.1 Å². The van der Waals surface area contributed by atoms with E-state index in [0.29, 0.717) is 20.9 Å². The average molecular weight is 488 g/mol. The van der Waals surface area contributed by atoms with Crippen LogP contribution in [0.3, 0.4) is 0 Å². The number of aryl methyl sites for hydroxylation is 1. The topological polar surface area (TPSA) is 135 Å². The molecular formula is C19H14BrN5O4S. The smallest absolute Gasteiger partial charge is 0.270 e. The summed E-state index contributed by atoms with van der Waals surface area (Å²) in [6.45, 7) is 2.02. The fourth-order valence-electron chi connectivity index (χ4n) is 2.47. The number of benzene rings is 1. The molecule has 0 spiro atoms. The van der Waals surface area contributed by atoms with Gasteiger partial charge in [0.2, 0.25) is 5.13 Å². The van der Waals surface area contributed by atoms with Crippen molar-refractivity contribution in [3.05, 3.63) is 61.3 Å². The third kappa shape index (κ3) is 4.97. The van der Waals surface area contributed by atoms with Crippen LogP contribution < -0.4 is 5.32 Å². The second-order valence-corrected chi connectivity index (χ2v) is 7.91. The molecule has 0 fully saturated rings. The van der Waals surface area contributed by atoms with Crippen LogP contribution in [0.5, 0.6) is 0 Å². The lowest BCUT2D eigenvalue weighted by molar-refractivity contribution is -0.384. The normalized spacial score (nSPS) is 11.2. The fourth-order valence-corrected chi connectivity index (χ4v) is 3.87. The summed E-state index contributed by atoms with van der Waals surface area (Å²) < 4.78 is 6.17. The second kappa shape index (κ2) is 9.43. The van der Waals surface area contributed by atoms with Crippen molar-refractivity contribution in [2.45, 2.75) is 19.8 Å². The number of carbonyl (C=O) groups excluding carboxylic acids is 1. The molecular weight excluding hydrogens is 474 g/mol. The zero-order valence-electron chi connectivity index (χ0n) is 15.6. The van der Waals surface area contributed by atoms with Crippen molar-refractivity contribution < 1.29 is 14.1 Å². The molecule has 0 aliphatic carbocycles. The maximum atomic E-state index is 12.4. The van der Waals surface area contributed by atoms with E-state index in [1.54, 1.807) is 18.2 Å². The van der Waals surface area contributed by atoms with Gasteiger partial charge in [0.15, 0.2) is 0 Å². The van der Waals surface area contributed by atoms with Gasteiger partial charge in [-0.25, -0.2) is 0 Å². The van der Waals surface area contributed by atoms with E-state index in [0.717, 1.165) is 17.8 Å². The fraction of sp³-hybridized carbons (Fsp3) is 0.158. The summed E-state index contributed by atoms with van der Waals surface area (Å²) in [6.07, 6.45) is 2.99. The van der Waals surface area contributed by atoms with E-state index in [1.807, 2.05) is 13.0 Å². The molecule has 2 aromatic heterocycles. The minimum atomic E-state index is -0.619. The minimum absolute atomic E-state index is 0.0560. The first-order valence-electron chi connectivity index (χ1n) is 8.71. The summed E-state index contributed by atoms with van der Waals surface area (Å²) in [7, 11) is 0. The molecule has 0 saturated carbocycles. The van der Waals surface area contributed by atoms with E-state index in [9.17, 15) is 20.2 Å². The minimum Gasteiger partial charge on any atom is -0.457 e. The SMILES string of the molecule is CCCc1nnc(NC(=O)C(C#N)=Cc2ccc(-c3ccc([N+](=O)[O-])cc3Br)o2)s1. The summed E-state index contributed by atoms with van der Waals surface area (Å²) in [6, 6.07) is 9.37. The quantitative estimate of drug-likeness (QED) is 0.215. The van der Waals surface area contributed by atoms with Gasteiger partial charge < -0.3 is 4.42 Å². The van der Waals surface area contributed by atoms with E-state index >= 15 is 0 Å². The number of rotatable bonds is 7. The number of nitrogens with zero attached hydrogens (tertiary/aromatic N) is 4. The highest BCUT2D eigenvalue weighted by molar-refractivity contribution is 9.10. The van der Waals surface area contributed by atoms with E-state index in [1.165, 1.54) is 29.5 Å². The molecule has 1 aromatic carbocycles. The van der Waals surface area contributed by atoms with Crippen LogP contribution in [0.15, 0.2) is 44.8 Å². The van der Waals surface area contributed by atoms with Crippen LogP contribution in [-0.2, 0) is 11.2 Å². The van der Waals surface area contributed by atoms with Gasteiger partial charge in [0.1, 0.15) is 28.2 Å². The maximum absolute atomic E-state index is 12.4. The number of nitrogens with one attached hydrogen (secondary N) is 1. The molecule has 0 radical (unpaired) electrons. The van der Waals surface area contributed by atoms with Crippen molar-refractivity contribution in [2.75, 3.05) is 5.32 Å². The number of non-ortho nitro benzene ring substituents is 1. The molecule has 0 unspecified atom stereocenters. The highest BCUT2D eigenvalue weighted by Crippen LogP contribution is 2.33. The summed E-state index contributed by atoms with van der Waals surface area (Å²) >= 11 is 4.55. The second-order valence-electron chi connectivity index (χ2n) is 6.00. The van der Waals surface area contributed by atoms with E-state index in [2.05, 4.69) is 31.4 Å². The molecule has 3 aromatic rings. The number of anilines is 1. The Morgan fingerprint density at radius 2 is 2.20 bits per heavy atom. The number of aromatic nitrogens is 2. The first-order chi connectivity index (χ1) is 14.4. The van der Waals surface area contributed by atoms with Gasteiger partial charge in [0.05, 0.1) is 4.92 Å². The molecule has 11 heteroatoms. The Morgan fingerprint density at radius 3 is 2.87 bits per heavy atom. The van der Waals surface area contributed by atoms with Gasteiger partial charge in [-0.1, -0.05) is 18.3 Å². The van der Waals surface area contributed by atoms with Gasteiger partial charge in [-0.3, -0.25) is 20.2 Å². The van der Waals surface area contributed by atoms with Crippen LogP contribution in [0, 0.1) is 21.4 Å². The van der Waals surface area contributed by atoms with Crippen molar-refractivity contribution in [1.82, 2.24) is 10.2 Å². The average Bonchev–Trinajstić information content (AvgIpc) is 3.35. The molecule has 0 atom stereocenters. The molecule has 0 saturated heterocycles. The van der Waals surface area contributed by atoms with Crippen LogP contribution in [0.25, 0.3) is 17.4 Å². The maximum Gasteiger partial charge on any atom is 0.270 e. The third-order valence-electron chi connectivity index (χ3n) is 3.86. The summed E-state index contributed by atoms with van der Waals surface area (Å²) in [5, 5.41) is 31.8. The third-order valence-corrected chi connectivity index (χ3v) is 5.41. The zero-order valence-corrected chi connectivity index (χ0v) is 18.0. The van der Waals surface area contributed by atoms with Crippen molar-refractivity contribution in [3.63, 3.8) is 0 Å². The molecule has 0 aliphatic rings. The largest absolute Gasteiger partial charge is 0.457 e. The molecule has 0 bridgehead atoms. The molecule has 9 nitrogen and oxygen atoms in total. The number of hydrogen-bond donors (Lipinski definition) is 1. The Labute approximate surface area is 183 Å². The first-order valence-corrected chi connectivity index (χ1v) is 10.3. The number of nitro benzene ring substituents is 1. The molecule has 1 N–H and O–H groups in total. The van der Waals surface area contributed by atoms with Gasteiger partial charge in [-0.15, -0.1) is 10.2 Å². The molecule has 30 heavy (non-hydrogen) atoms. The number of carbonyl (C=O) groups is 1. The molecule has 3 rings (SSSR count). The Balaban J connectivity index is 1.78. The number of nitriles is 1. The van der Waals surface area contributed by atoms with Crippen molar-refractivity contribution in [1.29, 1.82) is 5.26 Å². The number of nitro groups is 1. The molecule has 2 heterocycles. The van der Waals surface area contributed by atoms with Gasteiger partial charge >= 0.3 is 0 Å². The van der Waals surface area contributed by atoms with Gasteiger partial charge in [0.25, 0.3) is 11.6 Å². The lowest BCUT2D eigenvalue weighted by atomic mass is 10.1. The Morgan fingerprint density at radius 1 is 1.40 bits per heavy atom. The lowest BCUT2D eigenvalue weighted by Gasteiger charge is -2.01. The summed E-state index contributed by atoms with van der Waals surface area (Å²) in [5.74, 6) is 0.0890. The Kier molecular flexibility index (Phi) is 6.71. The van der Waals surface area contributed by atoms with E-state index in [4.69, 9.17) is 4.42 Å². The molecule has 1 amide bonds. The van der Waals surface area contributed by atoms with Crippen LogP contribution in [-0.4, -0.2) is 21.0 Å². The van der Waals surface area contributed by atoms with Crippen molar-refractivity contribution >= 4 is 50.1 Å². The monoisotopic (exact) mass is 487 g/mol. The van der Waals surface area contributed by atoms with Crippen LogP contribution >= 0.6 is 27.3 Å². The molecule has 0 aliphatic heterocycles. The Bertz CT molecular complexity index is 1180.